The second-order valence-electron chi connectivity index (χ2n) is 7.02. The summed E-state index contributed by atoms with van der Waals surface area (Å²) in [7, 11) is 0. The molecule has 1 nitrogen and oxygen atoms in total. The van der Waals surface area contributed by atoms with E-state index in [4.69, 9.17) is 4.74 Å². The van der Waals surface area contributed by atoms with E-state index in [1.54, 1.807) is 0 Å². The number of benzene rings is 1. The molecule has 0 unspecified atom stereocenters. The normalized spacial score (nSPS) is 21.8. The first-order valence-corrected chi connectivity index (χ1v) is 9.61. The van der Waals surface area contributed by atoms with Gasteiger partial charge in [0.05, 0.1) is 6.61 Å². The van der Waals surface area contributed by atoms with Crippen molar-refractivity contribution in [2.75, 3.05) is 6.61 Å². The highest BCUT2D eigenvalue weighted by molar-refractivity contribution is 5.25. The van der Waals surface area contributed by atoms with Crippen LogP contribution >= 0.6 is 0 Å². The van der Waals surface area contributed by atoms with Gasteiger partial charge in [0.25, 0.3) is 0 Å². The van der Waals surface area contributed by atoms with E-state index in [9.17, 15) is 0 Å². The predicted octanol–water partition coefficient (Wildman–Crippen LogP) is 6.63. The summed E-state index contributed by atoms with van der Waals surface area (Å²) in [5.74, 6) is 1.69. The van der Waals surface area contributed by atoms with Crippen molar-refractivity contribution in [1.82, 2.24) is 0 Å². The summed E-state index contributed by atoms with van der Waals surface area (Å²) in [6.45, 7) is 6.01. The molecule has 128 valence electrons. The largest absolute Gasteiger partial charge is 0.377 e. The fraction of sp³-hybridized carbons (Fsp3) is 0.636. The summed E-state index contributed by atoms with van der Waals surface area (Å²) >= 11 is 0. The van der Waals surface area contributed by atoms with Gasteiger partial charge in [-0.15, -0.1) is 0 Å². The van der Waals surface area contributed by atoms with Gasteiger partial charge >= 0.3 is 0 Å². The molecule has 0 saturated heterocycles. The SMILES string of the molecule is C/C=C/CC1CCC(c2ccc(COCCCCC)cc2)CC1. The third-order valence-electron chi connectivity index (χ3n) is 5.16. The first-order valence-electron chi connectivity index (χ1n) is 9.61. The van der Waals surface area contributed by atoms with E-state index < -0.39 is 0 Å². The highest BCUT2D eigenvalue weighted by atomic mass is 16.5. The predicted molar refractivity (Wildman–Crippen MR) is 99.8 cm³/mol. The van der Waals surface area contributed by atoms with Crippen molar-refractivity contribution >= 4 is 0 Å². The van der Waals surface area contributed by atoms with Crippen LogP contribution in [-0.2, 0) is 11.3 Å². The first kappa shape index (κ1) is 18.3. The lowest BCUT2D eigenvalue weighted by Gasteiger charge is -2.28. The van der Waals surface area contributed by atoms with Gasteiger partial charge in [-0.05, 0) is 68.4 Å². The van der Waals surface area contributed by atoms with Crippen LogP contribution in [0.2, 0.25) is 0 Å². The summed E-state index contributed by atoms with van der Waals surface area (Å²) in [4.78, 5) is 0. The van der Waals surface area contributed by atoms with E-state index >= 15 is 0 Å². The Balaban J connectivity index is 1.72. The van der Waals surface area contributed by atoms with Crippen molar-refractivity contribution in [3.05, 3.63) is 47.5 Å². The molecule has 0 amide bonds. The van der Waals surface area contributed by atoms with E-state index in [0.29, 0.717) is 0 Å². The second-order valence-corrected chi connectivity index (χ2v) is 7.02. The molecule has 0 radical (unpaired) electrons. The van der Waals surface area contributed by atoms with Gasteiger partial charge in [-0.3, -0.25) is 0 Å². The number of allylic oxidation sites excluding steroid dienone is 2. The maximum Gasteiger partial charge on any atom is 0.0716 e. The molecule has 1 fully saturated rings. The van der Waals surface area contributed by atoms with Crippen molar-refractivity contribution in [2.45, 2.75) is 77.7 Å². The Morgan fingerprint density at radius 3 is 2.43 bits per heavy atom. The summed E-state index contributed by atoms with van der Waals surface area (Å²) in [5, 5.41) is 0. The molecule has 2 rings (SSSR count). The quantitative estimate of drug-likeness (QED) is 0.367. The molecular weight excluding hydrogens is 280 g/mol. The summed E-state index contributed by atoms with van der Waals surface area (Å²) in [6.07, 6.45) is 15.0. The van der Waals surface area contributed by atoms with Gasteiger partial charge < -0.3 is 4.74 Å². The van der Waals surface area contributed by atoms with E-state index in [1.165, 1.54) is 62.5 Å². The van der Waals surface area contributed by atoms with Crippen molar-refractivity contribution in [3.63, 3.8) is 0 Å². The number of rotatable bonds is 9. The molecular formula is C22H34O. The Hall–Kier alpha value is -1.08. The average Bonchev–Trinajstić information content (AvgIpc) is 2.61. The Bertz CT molecular complexity index is 438. The van der Waals surface area contributed by atoms with Gasteiger partial charge in [-0.2, -0.15) is 0 Å². The lowest BCUT2D eigenvalue weighted by molar-refractivity contribution is 0.117. The van der Waals surface area contributed by atoms with Gasteiger partial charge in [0, 0.05) is 6.61 Å². The van der Waals surface area contributed by atoms with Gasteiger partial charge in [0.1, 0.15) is 0 Å². The van der Waals surface area contributed by atoms with Crippen LogP contribution < -0.4 is 0 Å². The third kappa shape index (κ3) is 6.51. The zero-order valence-electron chi connectivity index (χ0n) is 15.1. The molecule has 1 heteroatoms. The van der Waals surface area contributed by atoms with Crippen molar-refractivity contribution in [3.8, 4) is 0 Å². The molecule has 1 aliphatic rings. The zero-order chi connectivity index (χ0) is 16.3. The maximum atomic E-state index is 5.75. The van der Waals surface area contributed by atoms with Crippen LogP contribution in [0.1, 0.15) is 82.3 Å². The number of ether oxygens (including phenoxy) is 1. The molecule has 1 aromatic carbocycles. The molecule has 0 spiro atoms. The molecule has 0 bridgehead atoms. The first-order chi connectivity index (χ1) is 11.3. The van der Waals surface area contributed by atoms with E-state index in [-0.39, 0.29) is 0 Å². The highest BCUT2D eigenvalue weighted by Crippen LogP contribution is 2.37. The summed E-state index contributed by atoms with van der Waals surface area (Å²) in [6, 6.07) is 9.20. The molecule has 0 aromatic heterocycles. The molecule has 1 aliphatic carbocycles. The van der Waals surface area contributed by atoms with E-state index in [1.807, 2.05) is 0 Å². The standard InChI is InChI=1S/C22H34O/c1-3-5-7-17-23-18-20-11-15-22(16-12-20)21-13-9-19(10-14-21)8-6-4-2/h4,6,11-12,15-16,19,21H,3,5,7-10,13-14,17-18H2,1-2H3/b6-4+. The monoisotopic (exact) mass is 314 g/mol. The lowest BCUT2D eigenvalue weighted by Crippen LogP contribution is -2.12. The van der Waals surface area contributed by atoms with Crippen molar-refractivity contribution < 1.29 is 4.74 Å². The van der Waals surface area contributed by atoms with Crippen molar-refractivity contribution in [2.24, 2.45) is 5.92 Å². The summed E-state index contributed by atoms with van der Waals surface area (Å²) < 4.78 is 5.75. The van der Waals surface area contributed by atoms with Gasteiger partial charge in [-0.25, -0.2) is 0 Å². The molecule has 23 heavy (non-hydrogen) atoms. The molecule has 0 N–H and O–H groups in total. The van der Waals surface area contributed by atoms with E-state index in [2.05, 4.69) is 50.3 Å². The van der Waals surface area contributed by atoms with Crippen LogP contribution in [0.25, 0.3) is 0 Å². The minimum absolute atomic E-state index is 0.764. The van der Waals surface area contributed by atoms with Crippen molar-refractivity contribution in [1.29, 1.82) is 0 Å². The minimum atomic E-state index is 0.764. The Kier molecular flexibility index (Phi) is 8.46. The third-order valence-corrected chi connectivity index (χ3v) is 5.16. The average molecular weight is 315 g/mol. The van der Waals surface area contributed by atoms with Crippen LogP contribution in [0.3, 0.4) is 0 Å². The highest BCUT2D eigenvalue weighted by Gasteiger charge is 2.21. The lowest BCUT2D eigenvalue weighted by atomic mass is 9.77. The van der Waals surface area contributed by atoms with E-state index in [0.717, 1.165) is 25.0 Å². The van der Waals surface area contributed by atoms with Crippen LogP contribution in [0.15, 0.2) is 36.4 Å². The van der Waals surface area contributed by atoms with Crippen LogP contribution in [-0.4, -0.2) is 6.61 Å². The fourth-order valence-corrected chi connectivity index (χ4v) is 3.59. The van der Waals surface area contributed by atoms with Crippen LogP contribution in [0.4, 0.5) is 0 Å². The molecule has 1 saturated carbocycles. The number of unbranched alkanes of at least 4 members (excludes halogenated alkanes) is 2. The Morgan fingerprint density at radius 2 is 1.78 bits per heavy atom. The number of hydrogen-bond acceptors (Lipinski definition) is 1. The van der Waals surface area contributed by atoms with Gasteiger partial charge in [0.15, 0.2) is 0 Å². The smallest absolute Gasteiger partial charge is 0.0716 e. The fourth-order valence-electron chi connectivity index (χ4n) is 3.59. The molecule has 1 aromatic rings. The minimum Gasteiger partial charge on any atom is -0.377 e. The molecule has 0 atom stereocenters. The maximum absolute atomic E-state index is 5.75. The molecule has 0 aliphatic heterocycles. The Labute approximate surface area is 143 Å². The number of hydrogen-bond donors (Lipinski definition) is 0. The van der Waals surface area contributed by atoms with Crippen LogP contribution in [0.5, 0.6) is 0 Å². The second kappa shape index (κ2) is 10.6. The van der Waals surface area contributed by atoms with Gasteiger partial charge in [-0.1, -0.05) is 56.2 Å². The Morgan fingerprint density at radius 1 is 1.04 bits per heavy atom. The topological polar surface area (TPSA) is 9.23 Å². The molecule has 0 heterocycles. The van der Waals surface area contributed by atoms with Gasteiger partial charge in [0.2, 0.25) is 0 Å². The summed E-state index contributed by atoms with van der Waals surface area (Å²) in [5.41, 5.74) is 2.84. The zero-order valence-corrected chi connectivity index (χ0v) is 15.1. The van der Waals surface area contributed by atoms with Crippen LogP contribution in [0, 0.1) is 5.92 Å².